The molecule has 0 amide bonds. The number of piperidine rings is 1. The van der Waals surface area contributed by atoms with Gasteiger partial charge in [0.05, 0.1) is 5.92 Å². The SMILES string of the molecule is CC1CC(NS(=O)(=O)N2CCCC(C(=O)O)C2)C1. The molecule has 0 aromatic rings. The van der Waals surface area contributed by atoms with Crippen LogP contribution in [0.3, 0.4) is 0 Å². The summed E-state index contributed by atoms with van der Waals surface area (Å²) in [6.45, 7) is 2.60. The summed E-state index contributed by atoms with van der Waals surface area (Å²) < 4.78 is 28.1. The van der Waals surface area contributed by atoms with Crippen molar-refractivity contribution in [1.82, 2.24) is 9.03 Å². The lowest BCUT2D eigenvalue weighted by molar-refractivity contribution is -0.142. The van der Waals surface area contributed by atoms with E-state index >= 15 is 0 Å². The molecule has 7 heteroatoms. The van der Waals surface area contributed by atoms with Crippen LogP contribution in [0.25, 0.3) is 0 Å². The lowest BCUT2D eigenvalue weighted by Crippen LogP contribution is -2.52. The van der Waals surface area contributed by atoms with E-state index in [1.807, 2.05) is 0 Å². The van der Waals surface area contributed by atoms with E-state index in [-0.39, 0.29) is 12.6 Å². The number of rotatable bonds is 4. The van der Waals surface area contributed by atoms with Gasteiger partial charge in [-0.05, 0) is 31.6 Å². The maximum atomic E-state index is 12.1. The summed E-state index contributed by atoms with van der Waals surface area (Å²) in [6, 6.07) is 0.0233. The first-order valence-corrected chi connectivity index (χ1v) is 7.82. The Bertz CT molecular complexity index is 417. The summed E-state index contributed by atoms with van der Waals surface area (Å²) in [5.41, 5.74) is 0. The molecule has 0 aromatic carbocycles. The van der Waals surface area contributed by atoms with Crippen molar-refractivity contribution in [2.75, 3.05) is 13.1 Å². The third-order valence-electron chi connectivity index (χ3n) is 3.76. The van der Waals surface area contributed by atoms with Gasteiger partial charge in [0.15, 0.2) is 0 Å². The van der Waals surface area contributed by atoms with Crippen molar-refractivity contribution in [1.29, 1.82) is 0 Å². The number of nitrogens with one attached hydrogen (secondary N) is 1. The third-order valence-corrected chi connectivity index (χ3v) is 5.41. The summed E-state index contributed by atoms with van der Waals surface area (Å²) >= 11 is 0. The van der Waals surface area contributed by atoms with Gasteiger partial charge in [-0.2, -0.15) is 17.4 Å². The molecule has 104 valence electrons. The first-order chi connectivity index (χ1) is 8.38. The monoisotopic (exact) mass is 276 g/mol. The summed E-state index contributed by atoms with van der Waals surface area (Å²) in [6.07, 6.45) is 2.91. The van der Waals surface area contributed by atoms with E-state index in [0.717, 1.165) is 12.8 Å². The van der Waals surface area contributed by atoms with Crippen LogP contribution in [-0.4, -0.2) is 42.9 Å². The minimum absolute atomic E-state index is 0.0233. The summed E-state index contributed by atoms with van der Waals surface area (Å²) in [5.74, 6) is -0.909. The van der Waals surface area contributed by atoms with E-state index in [9.17, 15) is 13.2 Å². The van der Waals surface area contributed by atoms with Gasteiger partial charge >= 0.3 is 5.97 Å². The Morgan fingerprint density at radius 2 is 2.06 bits per heavy atom. The van der Waals surface area contributed by atoms with Gasteiger partial charge in [0.25, 0.3) is 10.2 Å². The quantitative estimate of drug-likeness (QED) is 0.779. The molecule has 1 saturated heterocycles. The van der Waals surface area contributed by atoms with Gasteiger partial charge in [-0.15, -0.1) is 0 Å². The first kappa shape index (κ1) is 13.8. The fourth-order valence-corrected chi connectivity index (χ4v) is 4.15. The van der Waals surface area contributed by atoms with E-state index in [4.69, 9.17) is 5.11 Å². The van der Waals surface area contributed by atoms with Gasteiger partial charge < -0.3 is 5.11 Å². The molecule has 18 heavy (non-hydrogen) atoms. The maximum Gasteiger partial charge on any atom is 0.307 e. The molecule has 2 N–H and O–H groups in total. The molecule has 1 aliphatic carbocycles. The molecule has 1 unspecified atom stereocenters. The average Bonchev–Trinajstić information content (AvgIpc) is 2.27. The second-order valence-corrected chi connectivity index (χ2v) is 7.13. The Morgan fingerprint density at radius 1 is 1.39 bits per heavy atom. The van der Waals surface area contributed by atoms with Crippen LogP contribution in [0.4, 0.5) is 0 Å². The Balaban J connectivity index is 1.94. The van der Waals surface area contributed by atoms with E-state index in [1.165, 1.54) is 4.31 Å². The van der Waals surface area contributed by atoms with Crippen LogP contribution >= 0.6 is 0 Å². The van der Waals surface area contributed by atoms with Crippen molar-refractivity contribution in [2.45, 2.75) is 38.6 Å². The topological polar surface area (TPSA) is 86.7 Å². The molecule has 1 atom stereocenters. The number of carboxylic acid groups (broad SMARTS) is 1. The van der Waals surface area contributed by atoms with E-state index < -0.39 is 22.1 Å². The van der Waals surface area contributed by atoms with Crippen LogP contribution in [0.2, 0.25) is 0 Å². The molecular formula is C11H20N2O4S. The zero-order valence-electron chi connectivity index (χ0n) is 10.5. The van der Waals surface area contributed by atoms with E-state index in [2.05, 4.69) is 11.6 Å². The maximum absolute atomic E-state index is 12.1. The number of hydrogen-bond acceptors (Lipinski definition) is 3. The number of carboxylic acids is 1. The second-order valence-electron chi connectivity index (χ2n) is 5.43. The predicted molar refractivity (Wildman–Crippen MR) is 66.2 cm³/mol. The van der Waals surface area contributed by atoms with Crippen molar-refractivity contribution < 1.29 is 18.3 Å². The van der Waals surface area contributed by atoms with Crippen LogP contribution in [-0.2, 0) is 15.0 Å². The zero-order valence-corrected chi connectivity index (χ0v) is 11.3. The van der Waals surface area contributed by atoms with Gasteiger partial charge in [0.1, 0.15) is 0 Å². The van der Waals surface area contributed by atoms with Crippen molar-refractivity contribution in [3.05, 3.63) is 0 Å². The zero-order chi connectivity index (χ0) is 13.3. The highest BCUT2D eigenvalue weighted by atomic mass is 32.2. The van der Waals surface area contributed by atoms with E-state index in [0.29, 0.717) is 25.3 Å². The third kappa shape index (κ3) is 3.02. The molecule has 2 aliphatic rings. The molecule has 6 nitrogen and oxygen atoms in total. The van der Waals surface area contributed by atoms with Crippen LogP contribution in [0, 0.1) is 11.8 Å². The van der Waals surface area contributed by atoms with Crippen LogP contribution < -0.4 is 4.72 Å². The summed E-state index contributed by atoms with van der Waals surface area (Å²) in [7, 11) is -3.51. The molecular weight excluding hydrogens is 256 g/mol. The van der Waals surface area contributed by atoms with E-state index in [1.54, 1.807) is 0 Å². The summed E-state index contributed by atoms with van der Waals surface area (Å²) in [4.78, 5) is 10.9. The standard InChI is InChI=1S/C11H20N2O4S/c1-8-5-10(6-8)12-18(16,17)13-4-2-3-9(7-13)11(14)15/h8-10,12H,2-7H2,1H3,(H,14,15). The lowest BCUT2D eigenvalue weighted by atomic mass is 9.83. The molecule has 2 fully saturated rings. The van der Waals surface area contributed by atoms with Gasteiger partial charge in [0, 0.05) is 19.1 Å². The van der Waals surface area contributed by atoms with Crippen molar-refractivity contribution in [3.8, 4) is 0 Å². The van der Waals surface area contributed by atoms with Gasteiger partial charge in [-0.25, -0.2) is 0 Å². The van der Waals surface area contributed by atoms with Crippen LogP contribution in [0.1, 0.15) is 32.6 Å². The molecule has 0 radical (unpaired) electrons. The molecule has 1 aliphatic heterocycles. The number of nitrogens with zero attached hydrogens (tertiary/aromatic N) is 1. The number of aliphatic carboxylic acids is 1. The molecule has 2 rings (SSSR count). The number of hydrogen-bond donors (Lipinski definition) is 2. The fourth-order valence-electron chi connectivity index (χ4n) is 2.65. The van der Waals surface area contributed by atoms with Crippen LogP contribution in [0.15, 0.2) is 0 Å². The minimum atomic E-state index is -3.51. The normalized spacial score (nSPS) is 33.9. The van der Waals surface area contributed by atoms with Crippen LogP contribution in [0.5, 0.6) is 0 Å². The molecule has 0 spiro atoms. The minimum Gasteiger partial charge on any atom is -0.481 e. The van der Waals surface area contributed by atoms with Crippen molar-refractivity contribution in [3.63, 3.8) is 0 Å². The largest absolute Gasteiger partial charge is 0.481 e. The van der Waals surface area contributed by atoms with Crippen molar-refractivity contribution >= 4 is 16.2 Å². The number of carbonyl (C=O) groups is 1. The predicted octanol–water partition coefficient (Wildman–Crippen LogP) is 0.416. The molecule has 0 bridgehead atoms. The second kappa shape index (κ2) is 5.14. The lowest BCUT2D eigenvalue weighted by Gasteiger charge is -2.36. The Kier molecular flexibility index (Phi) is 3.93. The average molecular weight is 276 g/mol. The van der Waals surface area contributed by atoms with Crippen molar-refractivity contribution in [2.24, 2.45) is 11.8 Å². The fraction of sp³-hybridized carbons (Fsp3) is 0.909. The molecule has 0 aromatic heterocycles. The highest BCUT2D eigenvalue weighted by Crippen LogP contribution is 2.28. The van der Waals surface area contributed by atoms with Gasteiger partial charge in [-0.1, -0.05) is 6.92 Å². The smallest absolute Gasteiger partial charge is 0.307 e. The van der Waals surface area contributed by atoms with Gasteiger partial charge in [-0.3, -0.25) is 4.79 Å². The Morgan fingerprint density at radius 3 is 2.61 bits per heavy atom. The highest BCUT2D eigenvalue weighted by molar-refractivity contribution is 7.87. The summed E-state index contributed by atoms with van der Waals surface area (Å²) in [5, 5.41) is 8.95. The Labute approximate surface area is 108 Å². The van der Waals surface area contributed by atoms with Gasteiger partial charge in [0.2, 0.25) is 0 Å². The highest BCUT2D eigenvalue weighted by Gasteiger charge is 2.35. The molecule has 1 heterocycles. The first-order valence-electron chi connectivity index (χ1n) is 6.38. The molecule has 1 saturated carbocycles. The Hall–Kier alpha value is -0.660.